The molecule has 1 aromatic carbocycles. The van der Waals surface area contributed by atoms with E-state index in [2.05, 4.69) is 4.98 Å². The lowest BCUT2D eigenvalue weighted by molar-refractivity contribution is 0.477. The number of hydrogen-bond donors (Lipinski definition) is 2. The maximum atomic E-state index is 13.0. The molecule has 0 fully saturated rings. The van der Waals surface area contributed by atoms with E-state index in [1.807, 2.05) is 0 Å². The van der Waals surface area contributed by atoms with E-state index in [-0.39, 0.29) is 5.75 Å². The maximum Gasteiger partial charge on any atom is 0.127 e. The fourth-order valence-electron chi connectivity index (χ4n) is 1.38. The van der Waals surface area contributed by atoms with Crippen LogP contribution in [0.15, 0.2) is 36.5 Å². The number of aromatic nitrogens is 1. The highest BCUT2D eigenvalue weighted by Gasteiger charge is 2.09. The lowest BCUT2D eigenvalue weighted by atomic mass is 10.1. The Kier molecular flexibility index (Phi) is 2.25. The first-order valence-corrected chi connectivity index (χ1v) is 4.38. The summed E-state index contributed by atoms with van der Waals surface area (Å²) in [5.74, 6) is -0.421. The average molecular weight is 204 g/mol. The average Bonchev–Trinajstić information content (AvgIpc) is 2.17. The highest BCUT2D eigenvalue weighted by Crippen LogP contribution is 2.32. The van der Waals surface area contributed by atoms with Crippen molar-refractivity contribution in [2.24, 2.45) is 0 Å². The molecule has 0 bridgehead atoms. The summed E-state index contributed by atoms with van der Waals surface area (Å²) in [4.78, 5) is 3.95. The molecule has 0 aliphatic heterocycles. The van der Waals surface area contributed by atoms with Crippen molar-refractivity contribution in [2.45, 2.75) is 0 Å². The minimum Gasteiger partial charge on any atom is -0.507 e. The molecule has 0 aliphatic rings. The van der Waals surface area contributed by atoms with Crippen LogP contribution in [0.5, 0.6) is 5.75 Å². The van der Waals surface area contributed by atoms with Crippen molar-refractivity contribution in [3.8, 4) is 17.0 Å². The van der Waals surface area contributed by atoms with Gasteiger partial charge in [0.2, 0.25) is 0 Å². The molecule has 0 spiro atoms. The van der Waals surface area contributed by atoms with Gasteiger partial charge in [-0.05, 0) is 18.2 Å². The normalized spacial score (nSPS) is 10.2. The molecule has 0 saturated heterocycles. The predicted octanol–water partition coefficient (Wildman–Crippen LogP) is 2.18. The second-order valence-electron chi connectivity index (χ2n) is 3.10. The van der Waals surface area contributed by atoms with Crippen LogP contribution in [0.25, 0.3) is 11.3 Å². The van der Waals surface area contributed by atoms with Crippen molar-refractivity contribution in [3.63, 3.8) is 0 Å². The van der Waals surface area contributed by atoms with E-state index in [1.54, 1.807) is 12.1 Å². The van der Waals surface area contributed by atoms with Gasteiger partial charge < -0.3 is 10.8 Å². The molecule has 1 aromatic heterocycles. The number of nitrogens with zero attached hydrogens (tertiary/aromatic N) is 1. The number of hydrogen-bond acceptors (Lipinski definition) is 3. The van der Waals surface area contributed by atoms with Gasteiger partial charge in [-0.1, -0.05) is 6.07 Å². The SMILES string of the molecule is Nc1cccc(O)c1-c1cc(F)ccn1. The Hall–Kier alpha value is -2.10. The highest BCUT2D eigenvalue weighted by atomic mass is 19.1. The third-order valence-electron chi connectivity index (χ3n) is 2.05. The van der Waals surface area contributed by atoms with Gasteiger partial charge in [0, 0.05) is 18.0 Å². The Morgan fingerprint density at radius 3 is 2.73 bits per heavy atom. The number of nitrogens with two attached hydrogens (primary N) is 1. The summed E-state index contributed by atoms with van der Waals surface area (Å²) < 4.78 is 13.0. The fourth-order valence-corrected chi connectivity index (χ4v) is 1.38. The Balaban J connectivity index is 2.63. The molecule has 0 atom stereocenters. The Morgan fingerprint density at radius 1 is 1.27 bits per heavy atom. The van der Waals surface area contributed by atoms with Crippen LogP contribution in [0.3, 0.4) is 0 Å². The summed E-state index contributed by atoms with van der Waals surface area (Å²) in [6.07, 6.45) is 1.33. The van der Waals surface area contributed by atoms with Gasteiger partial charge >= 0.3 is 0 Å². The van der Waals surface area contributed by atoms with Crippen molar-refractivity contribution in [1.29, 1.82) is 0 Å². The van der Waals surface area contributed by atoms with E-state index < -0.39 is 5.82 Å². The fraction of sp³-hybridized carbons (Fsp3) is 0. The van der Waals surface area contributed by atoms with Crippen molar-refractivity contribution in [2.75, 3.05) is 5.73 Å². The second-order valence-corrected chi connectivity index (χ2v) is 3.10. The number of phenolic OH excluding ortho intramolecular Hbond substituents is 1. The number of pyridine rings is 1. The summed E-state index contributed by atoms with van der Waals surface area (Å²) in [7, 11) is 0. The molecule has 3 nitrogen and oxygen atoms in total. The second kappa shape index (κ2) is 3.57. The molecule has 0 radical (unpaired) electrons. The summed E-state index contributed by atoms with van der Waals surface area (Å²) in [5, 5.41) is 9.59. The number of anilines is 1. The third-order valence-corrected chi connectivity index (χ3v) is 2.05. The zero-order valence-corrected chi connectivity index (χ0v) is 7.81. The molecule has 2 rings (SSSR count). The minimum atomic E-state index is -0.414. The van der Waals surface area contributed by atoms with E-state index in [0.29, 0.717) is 16.9 Å². The number of rotatable bonds is 1. The van der Waals surface area contributed by atoms with Crippen molar-refractivity contribution in [3.05, 3.63) is 42.3 Å². The molecule has 4 heteroatoms. The molecule has 15 heavy (non-hydrogen) atoms. The van der Waals surface area contributed by atoms with E-state index >= 15 is 0 Å². The van der Waals surface area contributed by atoms with Crippen LogP contribution in [0.4, 0.5) is 10.1 Å². The first-order valence-electron chi connectivity index (χ1n) is 4.38. The molecule has 0 unspecified atom stereocenters. The first-order chi connectivity index (χ1) is 7.18. The Morgan fingerprint density at radius 2 is 2.07 bits per heavy atom. The van der Waals surface area contributed by atoms with E-state index in [4.69, 9.17) is 5.73 Å². The van der Waals surface area contributed by atoms with Gasteiger partial charge in [0.25, 0.3) is 0 Å². The summed E-state index contributed by atoms with van der Waals surface area (Å²) in [6.45, 7) is 0. The summed E-state index contributed by atoms with van der Waals surface area (Å²) in [6, 6.07) is 7.19. The number of benzene rings is 1. The summed E-state index contributed by atoms with van der Waals surface area (Å²) in [5.41, 5.74) is 6.73. The van der Waals surface area contributed by atoms with Gasteiger partial charge in [0.05, 0.1) is 11.3 Å². The topological polar surface area (TPSA) is 59.1 Å². The standard InChI is InChI=1S/C11H9FN2O/c12-7-4-5-14-9(6-7)11-8(13)2-1-3-10(11)15/h1-6,15H,13H2. The summed E-state index contributed by atoms with van der Waals surface area (Å²) >= 11 is 0. The Labute approximate surface area is 86.0 Å². The lowest BCUT2D eigenvalue weighted by Crippen LogP contribution is -1.92. The van der Waals surface area contributed by atoms with Gasteiger partial charge in [-0.25, -0.2) is 4.39 Å². The van der Waals surface area contributed by atoms with Crippen molar-refractivity contribution < 1.29 is 9.50 Å². The van der Waals surface area contributed by atoms with E-state index in [9.17, 15) is 9.50 Å². The van der Waals surface area contributed by atoms with Crippen LogP contribution in [-0.2, 0) is 0 Å². The van der Waals surface area contributed by atoms with Gasteiger partial charge in [-0.2, -0.15) is 0 Å². The number of halogens is 1. The van der Waals surface area contributed by atoms with Gasteiger partial charge in [0.1, 0.15) is 11.6 Å². The van der Waals surface area contributed by atoms with Gasteiger partial charge in [-0.15, -0.1) is 0 Å². The van der Waals surface area contributed by atoms with Crippen LogP contribution in [-0.4, -0.2) is 10.1 Å². The van der Waals surface area contributed by atoms with Crippen LogP contribution in [0, 0.1) is 5.82 Å². The predicted molar refractivity (Wildman–Crippen MR) is 55.7 cm³/mol. The van der Waals surface area contributed by atoms with Crippen LogP contribution in [0.2, 0.25) is 0 Å². The van der Waals surface area contributed by atoms with E-state index in [0.717, 1.165) is 0 Å². The molecule has 76 valence electrons. The largest absolute Gasteiger partial charge is 0.507 e. The smallest absolute Gasteiger partial charge is 0.127 e. The molecule has 0 amide bonds. The zero-order chi connectivity index (χ0) is 10.8. The molecular weight excluding hydrogens is 195 g/mol. The molecule has 2 aromatic rings. The molecular formula is C11H9FN2O. The maximum absolute atomic E-state index is 13.0. The van der Waals surface area contributed by atoms with Crippen LogP contribution < -0.4 is 5.73 Å². The third kappa shape index (κ3) is 1.74. The minimum absolute atomic E-state index is 0.00639. The zero-order valence-electron chi connectivity index (χ0n) is 7.81. The lowest BCUT2D eigenvalue weighted by Gasteiger charge is -2.06. The van der Waals surface area contributed by atoms with Crippen LogP contribution in [0.1, 0.15) is 0 Å². The van der Waals surface area contributed by atoms with Crippen molar-refractivity contribution in [1.82, 2.24) is 4.98 Å². The number of phenols is 1. The van der Waals surface area contributed by atoms with E-state index in [1.165, 1.54) is 24.4 Å². The monoisotopic (exact) mass is 204 g/mol. The molecule has 0 saturated carbocycles. The molecule has 0 aliphatic carbocycles. The quantitative estimate of drug-likeness (QED) is 0.700. The van der Waals surface area contributed by atoms with Gasteiger partial charge in [-0.3, -0.25) is 4.98 Å². The Bertz CT molecular complexity index is 479. The number of aromatic hydroxyl groups is 1. The van der Waals surface area contributed by atoms with Crippen molar-refractivity contribution >= 4 is 5.69 Å². The number of nitrogen functional groups attached to an aromatic ring is 1. The van der Waals surface area contributed by atoms with Gasteiger partial charge in [0.15, 0.2) is 0 Å². The highest BCUT2D eigenvalue weighted by molar-refractivity contribution is 5.79. The first kappa shape index (κ1) is 9.45. The molecule has 3 N–H and O–H groups in total. The van der Waals surface area contributed by atoms with Crippen LogP contribution >= 0.6 is 0 Å². The molecule has 1 heterocycles.